The lowest BCUT2D eigenvalue weighted by Gasteiger charge is -1.97. The van der Waals surface area contributed by atoms with Crippen LogP contribution in [-0.2, 0) is 0 Å². The third-order valence-electron chi connectivity index (χ3n) is 1.20. The van der Waals surface area contributed by atoms with Crippen LogP contribution in [0.4, 0.5) is 6.01 Å². The highest BCUT2D eigenvalue weighted by molar-refractivity contribution is 6.52. The van der Waals surface area contributed by atoms with Crippen molar-refractivity contribution >= 4 is 18.8 Å². The topological polar surface area (TPSA) is 75.4 Å². The summed E-state index contributed by atoms with van der Waals surface area (Å²) in [5, 5.41) is 11.4. The number of hydrogen-bond donors (Lipinski definition) is 2. The molecule has 0 saturated heterocycles. The molecule has 0 aromatic carbocycles. The summed E-state index contributed by atoms with van der Waals surface area (Å²) in [5.41, 5.74) is 0.248. The van der Waals surface area contributed by atoms with Gasteiger partial charge >= 0.3 is 7.05 Å². The predicted octanol–water partition coefficient (Wildman–Crippen LogP) is 0.399. The molecule has 6 heteroatoms. The minimum atomic E-state index is -0.747. The van der Waals surface area contributed by atoms with Gasteiger partial charge in [0, 0.05) is 6.92 Å². The molecule has 0 spiro atoms. The maximum Gasteiger partial charge on any atom is 0.410 e. The average molecular weight is 168 g/mol. The molecular weight excluding hydrogens is 159 g/mol. The normalized spacial score (nSPS) is 9.58. The molecule has 0 unspecified atom stereocenters. The predicted molar refractivity (Wildman–Crippen MR) is 44.0 cm³/mol. The summed E-state index contributed by atoms with van der Waals surface area (Å²) in [7, 11) is -0.747. The Labute approximate surface area is 69.9 Å². The Morgan fingerprint density at radius 3 is 2.92 bits per heavy atom. The smallest absolute Gasteiger partial charge is 0.410 e. The largest absolute Gasteiger partial charge is 0.433 e. The first kappa shape index (κ1) is 8.80. The van der Waals surface area contributed by atoms with Crippen LogP contribution in [0, 0.1) is 0 Å². The second kappa shape index (κ2) is 3.40. The maximum atomic E-state index is 10.7. The zero-order chi connectivity index (χ0) is 9.14. The van der Waals surface area contributed by atoms with Gasteiger partial charge in [0.15, 0.2) is 5.78 Å². The fraction of sp³-hybridized carbons (Fsp3) is 0.333. The molecule has 1 heterocycles. The Hall–Kier alpha value is -1.30. The van der Waals surface area contributed by atoms with Crippen molar-refractivity contribution in [2.24, 2.45) is 0 Å². The number of anilines is 1. The number of nitrogens with one attached hydrogen (secondary N) is 1. The Balaban J connectivity index is 2.71. The molecule has 0 saturated carbocycles. The van der Waals surface area contributed by atoms with Crippen LogP contribution in [0.15, 0.2) is 10.7 Å². The monoisotopic (exact) mass is 168 g/mol. The van der Waals surface area contributed by atoms with Gasteiger partial charge in [-0.3, -0.25) is 4.79 Å². The SMILES string of the molecule is CB(O)Nc1nc(C(C)=O)co1. The third-order valence-corrected chi connectivity index (χ3v) is 1.20. The highest BCUT2D eigenvalue weighted by Crippen LogP contribution is 2.07. The van der Waals surface area contributed by atoms with Gasteiger partial charge in [-0.1, -0.05) is 0 Å². The van der Waals surface area contributed by atoms with E-state index in [9.17, 15) is 4.79 Å². The molecule has 12 heavy (non-hydrogen) atoms. The van der Waals surface area contributed by atoms with Crippen LogP contribution < -0.4 is 5.23 Å². The van der Waals surface area contributed by atoms with Crippen LogP contribution in [0.1, 0.15) is 17.4 Å². The van der Waals surface area contributed by atoms with E-state index < -0.39 is 7.05 Å². The molecule has 1 aromatic heterocycles. The lowest BCUT2D eigenvalue weighted by molar-refractivity contribution is 0.101. The van der Waals surface area contributed by atoms with E-state index in [-0.39, 0.29) is 17.5 Å². The molecule has 0 aliphatic rings. The van der Waals surface area contributed by atoms with E-state index in [0.717, 1.165) is 0 Å². The Morgan fingerprint density at radius 2 is 2.50 bits per heavy atom. The van der Waals surface area contributed by atoms with Crippen molar-refractivity contribution in [1.82, 2.24) is 4.98 Å². The lowest BCUT2D eigenvalue weighted by Crippen LogP contribution is -2.19. The second-order valence-electron chi connectivity index (χ2n) is 2.41. The quantitative estimate of drug-likeness (QED) is 0.504. The van der Waals surface area contributed by atoms with E-state index in [0.29, 0.717) is 0 Å². The van der Waals surface area contributed by atoms with Gasteiger partial charge < -0.3 is 14.7 Å². The second-order valence-corrected chi connectivity index (χ2v) is 2.41. The molecule has 0 aliphatic heterocycles. The fourth-order valence-corrected chi connectivity index (χ4v) is 0.680. The number of oxazole rings is 1. The third kappa shape index (κ3) is 2.10. The van der Waals surface area contributed by atoms with E-state index in [1.165, 1.54) is 20.0 Å². The average Bonchev–Trinajstić information content (AvgIpc) is 2.34. The van der Waals surface area contributed by atoms with Gasteiger partial charge in [-0.2, -0.15) is 4.98 Å². The molecule has 0 atom stereocenters. The summed E-state index contributed by atoms with van der Waals surface area (Å²) in [6, 6.07) is 0.148. The van der Waals surface area contributed by atoms with Crippen molar-refractivity contribution < 1.29 is 14.2 Å². The van der Waals surface area contributed by atoms with E-state index in [2.05, 4.69) is 10.2 Å². The highest BCUT2D eigenvalue weighted by Gasteiger charge is 2.10. The number of carbonyl (C=O) groups is 1. The van der Waals surface area contributed by atoms with Crippen LogP contribution in [0.25, 0.3) is 0 Å². The molecule has 0 amide bonds. The zero-order valence-electron chi connectivity index (χ0n) is 6.87. The van der Waals surface area contributed by atoms with Gasteiger partial charge in [0.05, 0.1) is 0 Å². The van der Waals surface area contributed by atoms with E-state index in [4.69, 9.17) is 9.44 Å². The summed E-state index contributed by atoms with van der Waals surface area (Å²) in [6.07, 6.45) is 1.24. The molecule has 1 aromatic rings. The Morgan fingerprint density at radius 1 is 1.83 bits per heavy atom. The summed E-state index contributed by atoms with van der Waals surface area (Å²) in [5.74, 6) is -0.169. The summed E-state index contributed by atoms with van der Waals surface area (Å²) < 4.78 is 4.83. The van der Waals surface area contributed by atoms with Crippen LogP contribution >= 0.6 is 0 Å². The Kier molecular flexibility index (Phi) is 2.49. The van der Waals surface area contributed by atoms with E-state index in [1.807, 2.05) is 0 Å². The van der Waals surface area contributed by atoms with Crippen molar-refractivity contribution in [3.05, 3.63) is 12.0 Å². The van der Waals surface area contributed by atoms with Gasteiger partial charge in [-0.05, 0) is 6.82 Å². The standard InChI is InChI=1S/C6H9BN2O3/c1-4(10)5-3-12-6(8-5)9-7(2)11/h3,11H,1-2H3,(H,8,9). The molecule has 5 nitrogen and oxygen atoms in total. The number of hydrogen-bond acceptors (Lipinski definition) is 5. The molecule has 64 valence electrons. The van der Waals surface area contributed by atoms with Gasteiger partial charge in [0.25, 0.3) is 6.01 Å². The number of rotatable bonds is 3. The van der Waals surface area contributed by atoms with Crippen molar-refractivity contribution in [2.45, 2.75) is 13.7 Å². The molecule has 0 radical (unpaired) electrons. The molecule has 0 aliphatic carbocycles. The van der Waals surface area contributed by atoms with Crippen LogP contribution in [0.2, 0.25) is 6.82 Å². The first-order chi connectivity index (χ1) is 5.59. The van der Waals surface area contributed by atoms with E-state index in [1.54, 1.807) is 0 Å². The molecule has 0 bridgehead atoms. The summed E-state index contributed by atoms with van der Waals surface area (Å²) >= 11 is 0. The summed E-state index contributed by atoms with van der Waals surface area (Å²) in [6.45, 7) is 2.92. The van der Waals surface area contributed by atoms with Crippen molar-refractivity contribution in [2.75, 3.05) is 5.23 Å². The van der Waals surface area contributed by atoms with Gasteiger partial charge in [0.1, 0.15) is 12.0 Å². The number of Topliss-reactive ketones (excluding diaryl/α,β-unsaturated/α-hetero) is 1. The molecular formula is C6H9BN2O3. The highest BCUT2D eigenvalue weighted by atomic mass is 16.4. The van der Waals surface area contributed by atoms with E-state index >= 15 is 0 Å². The minimum absolute atomic E-state index is 0.148. The molecule has 0 fully saturated rings. The molecule has 1 rings (SSSR count). The first-order valence-electron chi connectivity index (χ1n) is 3.50. The number of carbonyl (C=O) groups excluding carboxylic acids is 1. The number of nitrogens with zero attached hydrogens (tertiary/aromatic N) is 1. The van der Waals surface area contributed by atoms with Crippen molar-refractivity contribution in [3.8, 4) is 0 Å². The number of aromatic nitrogens is 1. The zero-order valence-corrected chi connectivity index (χ0v) is 6.87. The maximum absolute atomic E-state index is 10.7. The number of ketones is 1. The van der Waals surface area contributed by atoms with Gasteiger partial charge in [-0.15, -0.1) is 0 Å². The van der Waals surface area contributed by atoms with Crippen molar-refractivity contribution in [3.63, 3.8) is 0 Å². The molecule has 2 N–H and O–H groups in total. The van der Waals surface area contributed by atoms with Crippen molar-refractivity contribution in [1.29, 1.82) is 0 Å². The fourth-order valence-electron chi connectivity index (χ4n) is 0.680. The minimum Gasteiger partial charge on any atom is -0.433 e. The van der Waals surface area contributed by atoms with Gasteiger partial charge in [0.2, 0.25) is 0 Å². The first-order valence-corrected chi connectivity index (χ1v) is 3.50. The Bertz CT molecular complexity index is 284. The van der Waals surface area contributed by atoms with Crippen LogP contribution in [0.5, 0.6) is 0 Å². The van der Waals surface area contributed by atoms with Crippen LogP contribution in [0.3, 0.4) is 0 Å². The van der Waals surface area contributed by atoms with Crippen LogP contribution in [-0.4, -0.2) is 22.8 Å². The summed E-state index contributed by atoms with van der Waals surface area (Å²) in [4.78, 5) is 14.5. The lowest BCUT2D eigenvalue weighted by atomic mass is 9.90. The van der Waals surface area contributed by atoms with Gasteiger partial charge in [-0.25, -0.2) is 0 Å².